The zero-order chi connectivity index (χ0) is 19.3. The van der Waals surface area contributed by atoms with Crippen molar-refractivity contribution in [3.8, 4) is 17.1 Å². The van der Waals surface area contributed by atoms with Crippen molar-refractivity contribution in [2.75, 3.05) is 19.7 Å². The van der Waals surface area contributed by atoms with Crippen LogP contribution in [0.25, 0.3) is 11.4 Å². The lowest BCUT2D eigenvalue weighted by Gasteiger charge is -2.32. The second-order valence-corrected chi connectivity index (χ2v) is 6.86. The molecule has 0 aromatic carbocycles. The number of pyridine rings is 2. The summed E-state index contributed by atoms with van der Waals surface area (Å²) >= 11 is 0. The van der Waals surface area contributed by atoms with E-state index in [0.717, 1.165) is 30.8 Å². The van der Waals surface area contributed by atoms with E-state index in [2.05, 4.69) is 20.2 Å². The van der Waals surface area contributed by atoms with E-state index in [1.807, 2.05) is 23.1 Å². The normalized spacial score (nSPS) is 16.7. The number of aromatic amines is 2. The first kappa shape index (κ1) is 18.0. The van der Waals surface area contributed by atoms with Gasteiger partial charge in [-0.2, -0.15) is 5.10 Å². The van der Waals surface area contributed by atoms with Gasteiger partial charge in [-0.1, -0.05) is 0 Å². The molecule has 144 valence electrons. The van der Waals surface area contributed by atoms with Crippen molar-refractivity contribution in [2.24, 2.45) is 5.92 Å². The lowest BCUT2D eigenvalue weighted by atomic mass is 9.98. The largest absolute Gasteiger partial charge is 0.492 e. The number of carbonyl (C=O) groups excluding carboxylic acids is 1. The number of hydrogen-bond donors (Lipinski definition) is 2. The number of hydrogen-bond acceptors (Lipinski definition) is 5. The lowest BCUT2D eigenvalue weighted by Crippen LogP contribution is -2.41. The van der Waals surface area contributed by atoms with Gasteiger partial charge in [0.1, 0.15) is 5.75 Å². The van der Waals surface area contributed by atoms with Crippen molar-refractivity contribution in [2.45, 2.75) is 12.8 Å². The van der Waals surface area contributed by atoms with Crippen LogP contribution < -0.4 is 10.3 Å². The van der Waals surface area contributed by atoms with Gasteiger partial charge in [0.2, 0.25) is 5.56 Å². The van der Waals surface area contributed by atoms with E-state index in [-0.39, 0.29) is 17.4 Å². The van der Waals surface area contributed by atoms with Gasteiger partial charge < -0.3 is 14.6 Å². The molecule has 0 bridgehead atoms. The van der Waals surface area contributed by atoms with Crippen molar-refractivity contribution >= 4 is 5.91 Å². The molecular formula is C20H21N5O3. The lowest BCUT2D eigenvalue weighted by molar-refractivity contribution is 0.0632. The fourth-order valence-electron chi connectivity index (χ4n) is 3.35. The van der Waals surface area contributed by atoms with Gasteiger partial charge in [-0.25, -0.2) is 0 Å². The Kier molecular flexibility index (Phi) is 5.18. The maximum Gasteiger partial charge on any atom is 0.255 e. The monoisotopic (exact) mass is 379 g/mol. The van der Waals surface area contributed by atoms with Crippen molar-refractivity contribution in [1.29, 1.82) is 0 Å². The molecule has 0 radical (unpaired) electrons. The molecule has 1 atom stereocenters. The van der Waals surface area contributed by atoms with Gasteiger partial charge in [0, 0.05) is 37.5 Å². The van der Waals surface area contributed by atoms with E-state index >= 15 is 0 Å². The molecule has 2 N–H and O–H groups in total. The van der Waals surface area contributed by atoms with Crippen LogP contribution in [0.15, 0.2) is 53.7 Å². The summed E-state index contributed by atoms with van der Waals surface area (Å²) in [4.78, 5) is 32.6. The number of aromatic nitrogens is 4. The first-order valence-corrected chi connectivity index (χ1v) is 9.25. The third-order valence-electron chi connectivity index (χ3n) is 4.84. The van der Waals surface area contributed by atoms with Crippen molar-refractivity contribution in [3.63, 3.8) is 0 Å². The molecule has 1 saturated heterocycles. The Bertz CT molecular complexity index is 961. The van der Waals surface area contributed by atoms with Crippen LogP contribution in [0.1, 0.15) is 23.2 Å². The topological polar surface area (TPSA) is 104 Å². The van der Waals surface area contributed by atoms with Crippen LogP contribution in [0.5, 0.6) is 5.75 Å². The molecule has 0 unspecified atom stereocenters. The number of nitrogens with zero attached hydrogens (tertiary/aromatic N) is 3. The van der Waals surface area contributed by atoms with E-state index < -0.39 is 0 Å². The molecule has 8 nitrogen and oxygen atoms in total. The number of piperidine rings is 1. The number of likely N-dealkylation sites (tertiary alicyclic amines) is 1. The third-order valence-corrected chi connectivity index (χ3v) is 4.84. The highest BCUT2D eigenvalue weighted by Gasteiger charge is 2.25. The minimum absolute atomic E-state index is 0.0634. The molecule has 1 aliphatic rings. The smallest absolute Gasteiger partial charge is 0.255 e. The van der Waals surface area contributed by atoms with Crippen LogP contribution in [0, 0.1) is 5.92 Å². The summed E-state index contributed by atoms with van der Waals surface area (Å²) in [5.74, 6) is 0.895. The van der Waals surface area contributed by atoms with Crippen LogP contribution in [-0.4, -0.2) is 50.7 Å². The summed E-state index contributed by atoms with van der Waals surface area (Å²) < 4.78 is 5.89. The molecule has 1 amide bonds. The van der Waals surface area contributed by atoms with Crippen LogP contribution in [0.3, 0.4) is 0 Å². The predicted molar refractivity (Wildman–Crippen MR) is 103 cm³/mol. The van der Waals surface area contributed by atoms with Gasteiger partial charge in [0.25, 0.3) is 5.91 Å². The highest BCUT2D eigenvalue weighted by Crippen LogP contribution is 2.21. The third kappa shape index (κ3) is 4.11. The molecule has 4 rings (SSSR count). The molecular weight excluding hydrogens is 358 g/mol. The van der Waals surface area contributed by atoms with Crippen molar-refractivity contribution < 1.29 is 9.53 Å². The predicted octanol–water partition coefficient (Wildman–Crippen LogP) is 2.09. The van der Waals surface area contributed by atoms with Gasteiger partial charge in [-0.3, -0.25) is 19.7 Å². The van der Waals surface area contributed by atoms with E-state index in [1.165, 1.54) is 12.3 Å². The highest BCUT2D eigenvalue weighted by molar-refractivity contribution is 5.93. The Morgan fingerprint density at radius 1 is 1.25 bits per heavy atom. The minimum Gasteiger partial charge on any atom is -0.492 e. The molecule has 4 heterocycles. The number of carbonyl (C=O) groups is 1. The SMILES string of the molecule is O=C(c1ccc(=O)[nH]c1)N1CCC[C@@H](COc2ccc(-c3ccn[nH]3)nc2)C1. The Hall–Kier alpha value is -3.42. The number of rotatable bonds is 5. The molecule has 1 fully saturated rings. The Balaban J connectivity index is 1.33. The van der Waals surface area contributed by atoms with Gasteiger partial charge in [0.05, 0.1) is 29.8 Å². The van der Waals surface area contributed by atoms with Crippen LogP contribution in [-0.2, 0) is 0 Å². The standard InChI is InChI=1S/C20H21N5O3/c26-19-6-3-15(10-22-19)20(27)25-9-1-2-14(12-25)13-28-16-4-5-17(21-11-16)18-7-8-23-24-18/h3-8,10-11,14H,1-2,9,12-13H2,(H,22,26)(H,23,24)/t14-/m1/s1. The first-order valence-electron chi connectivity index (χ1n) is 9.25. The summed E-state index contributed by atoms with van der Waals surface area (Å²) in [5, 5.41) is 6.80. The van der Waals surface area contributed by atoms with Gasteiger partial charge in [-0.05, 0) is 37.1 Å². The van der Waals surface area contributed by atoms with Gasteiger partial charge >= 0.3 is 0 Å². The van der Waals surface area contributed by atoms with E-state index in [4.69, 9.17) is 4.74 Å². The Labute approximate surface area is 161 Å². The van der Waals surface area contributed by atoms with E-state index in [1.54, 1.807) is 18.5 Å². The van der Waals surface area contributed by atoms with Crippen LogP contribution in [0.2, 0.25) is 0 Å². The summed E-state index contributed by atoms with van der Waals surface area (Å²) in [7, 11) is 0. The first-order chi connectivity index (χ1) is 13.7. The fourth-order valence-corrected chi connectivity index (χ4v) is 3.35. The number of H-pyrrole nitrogens is 2. The van der Waals surface area contributed by atoms with Gasteiger partial charge in [-0.15, -0.1) is 0 Å². The Morgan fingerprint density at radius 3 is 2.89 bits per heavy atom. The van der Waals surface area contributed by atoms with Crippen molar-refractivity contribution in [3.05, 3.63) is 64.8 Å². The average molecular weight is 379 g/mol. The summed E-state index contributed by atoms with van der Waals surface area (Å²) in [6.07, 6.45) is 6.79. The number of amides is 1. The number of ether oxygens (including phenoxy) is 1. The summed E-state index contributed by atoms with van der Waals surface area (Å²) in [6, 6.07) is 8.57. The molecule has 8 heteroatoms. The van der Waals surface area contributed by atoms with E-state index in [9.17, 15) is 9.59 Å². The zero-order valence-electron chi connectivity index (χ0n) is 15.3. The minimum atomic E-state index is -0.214. The zero-order valence-corrected chi connectivity index (χ0v) is 15.3. The van der Waals surface area contributed by atoms with E-state index in [0.29, 0.717) is 24.5 Å². The second-order valence-electron chi connectivity index (χ2n) is 6.86. The van der Waals surface area contributed by atoms with Gasteiger partial charge in [0.15, 0.2) is 0 Å². The quantitative estimate of drug-likeness (QED) is 0.706. The second kappa shape index (κ2) is 8.08. The average Bonchev–Trinajstić information content (AvgIpc) is 3.28. The van der Waals surface area contributed by atoms with Crippen LogP contribution in [0.4, 0.5) is 0 Å². The molecule has 3 aromatic rings. The maximum absolute atomic E-state index is 12.6. The maximum atomic E-state index is 12.6. The molecule has 0 spiro atoms. The highest BCUT2D eigenvalue weighted by atomic mass is 16.5. The molecule has 0 saturated carbocycles. The fraction of sp³-hybridized carbons (Fsp3) is 0.300. The number of nitrogens with one attached hydrogen (secondary N) is 2. The summed E-state index contributed by atoms with van der Waals surface area (Å²) in [5.41, 5.74) is 1.95. The van der Waals surface area contributed by atoms with Crippen LogP contribution >= 0.6 is 0 Å². The molecule has 3 aromatic heterocycles. The molecule has 0 aliphatic carbocycles. The Morgan fingerprint density at radius 2 is 2.18 bits per heavy atom. The summed E-state index contributed by atoms with van der Waals surface area (Å²) in [6.45, 7) is 1.88. The molecule has 28 heavy (non-hydrogen) atoms. The van der Waals surface area contributed by atoms with Crippen molar-refractivity contribution in [1.82, 2.24) is 25.1 Å². The molecule has 1 aliphatic heterocycles.